The number of rotatable bonds is 4. The van der Waals surface area contributed by atoms with Crippen LogP contribution >= 0.6 is 0 Å². The molecule has 3 heterocycles. The molecule has 0 saturated carbocycles. The van der Waals surface area contributed by atoms with Crippen molar-refractivity contribution < 1.29 is 17.9 Å². The molecular weight excluding hydrogens is 328 g/mol. The molecular formula is C17H18N2O4S. The zero-order chi connectivity index (χ0) is 16.6. The fraction of sp³-hybridized carbons (Fsp3) is 0.353. The number of nitrogens with zero attached hydrogens (tertiary/aromatic N) is 2. The third-order valence-corrected chi connectivity index (χ3v) is 6.22. The van der Waals surface area contributed by atoms with E-state index in [1.807, 2.05) is 0 Å². The van der Waals surface area contributed by atoms with E-state index in [0.29, 0.717) is 36.8 Å². The summed E-state index contributed by atoms with van der Waals surface area (Å²) in [4.78, 5) is 4.28. The second-order valence-electron chi connectivity index (χ2n) is 5.94. The Morgan fingerprint density at radius 3 is 2.88 bits per heavy atom. The molecule has 126 valence electrons. The third kappa shape index (κ3) is 2.85. The highest BCUT2D eigenvalue weighted by Crippen LogP contribution is 2.30. The summed E-state index contributed by atoms with van der Waals surface area (Å²) >= 11 is 0. The molecule has 1 aromatic heterocycles. The number of pyridine rings is 1. The maximum atomic E-state index is 12.9. The van der Waals surface area contributed by atoms with Crippen LogP contribution in [0.2, 0.25) is 0 Å². The third-order valence-electron chi connectivity index (χ3n) is 4.36. The maximum Gasteiger partial charge on any atom is 0.243 e. The van der Waals surface area contributed by atoms with Crippen LogP contribution in [0, 0.1) is 0 Å². The summed E-state index contributed by atoms with van der Waals surface area (Å²) in [6.07, 6.45) is 4.61. The normalized spacial score (nSPS) is 20.6. The second kappa shape index (κ2) is 6.07. The number of fused-ring (bicyclic) bond motifs is 1. The monoisotopic (exact) mass is 346 g/mol. The summed E-state index contributed by atoms with van der Waals surface area (Å²) in [5, 5.41) is 0. The standard InChI is InChI=1S/C17H18N2O4S/c20-24(21,16-1-2-17-13(11-16)6-10-22-17)19-9-5-15(12-19)23-14-3-7-18-8-4-14/h1-4,7-8,11,15H,5-6,9-10,12H2/t15-/m1/s1. The Labute approximate surface area is 141 Å². The van der Waals surface area contributed by atoms with Crippen LogP contribution in [0.5, 0.6) is 11.5 Å². The highest BCUT2D eigenvalue weighted by molar-refractivity contribution is 7.89. The molecule has 1 aromatic carbocycles. The predicted molar refractivity (Wildman–Crippen MR) is 87.7 cm³/mol. The summed E-state index contributed by atoms with van der Waals surface area (Å²) in [5.74, 6) is 1.50. The molecule has 24 heavy (non-hydrogen) atoms. The number of ether oxygens (including phenoxy) is 2. The van der Waals surface area contributed by atoms with Gasteiger partial charge in [-0.1, -0.05) is 0 Å². The van der Waals surface area contributed by atoms with Gasteiger partial charge in [-0.3, -0.25) is 4.98 Å². The Bertz CT molecular complexity index is 839. The van der Waals surface area contributed by atoms with Gasteiger partial charge < -0.3 is 9.47 Å². The van der Waals surface area contributed by atoms with Crippen molar-refractivity contribution in [3.63, 3.8) is 0 Å². The van der Waals surface area contributed by atoms with Gasteiger partial charge in [0, 0.05) is 25.4 Å². The molecule has 0 radical (unpaired) electrons. The number of hydrogen-bond donors (Lipinski definition) is 0. The molecule has 2 aliphatic heterocycles. The minimum absolute atomic E-state index is 0.139. The Hall–Kier alpha value is -2.12. The van der Waals surface area contributed by atoms with Crippen molar-refractivity contribution in [1.29, 1.82) is 0 Å². The number of sulfonamides is 1. The van der Waals surface area contributed by atoms with Crippen molar-refractivity contribution in [2.45, 2.75) is 23.8 Å². The Morgan fingerprint density at radius 2 is 2.04 bits per heavy atom. The average Bonchev–Trinajstić information content (AvgIpc) is 3.24. The Balaban J connectivity index is 1.49. The molecule has 1 atom stereocenters. The fourth-order valence-electron chi connectivity index (χ4n) is 3.09. The highest BCUT2D eigenvalue weighted by Gasteiger charge is 2.34. The minimum atomic E-state index is -3.50. The summed E-state index contributed by atoms with van der Waals surface area (Å²) in [7, 11) is -3.50. The molecule has 0 amide bonds. The molecule has 1 fully saturated rings. The van der Waals surface area contributed by atoms with Crippen LogP contribution in [0.1, 0.15) is 12.0 Å². The molecule has 0 spiro atoms. The Morgan fingerprint density at radius 1 is 1.21 bits per heavy atom. The SMILES string of the molecule is O=S(=O)(c1ccc2c(c1)CCO2)N1CC[C@@H](Oc2ccncc2)C1. The van der Waals surface area contributed by atoms with E-state index >= 15 is 0 Å². The van der Waals surface area contributed by atoms with E-state index in [1.54, 1.807) is 42.7 Å². The summed E-state index contributed by atoms with van der Waals surface area (Å²) in [6, 6.07) is 8.65. The van der Waals surface area contributed by atoms with Crippen molar-refractivity contribution >= 4 is 10.0 Å². The largest absolute Gasteiger partial charge is 0.493 e. The number of benzene rings is 1. The lowest BCUT2D eigenvalue weighted by Gasteiger charge is -2.17. The van der Waals surface area contributed by atoms with Crippen molar-refractivity contribution in [2.75, 3.05) is 19.7 Å². The van der Waals surface area contributed by atoms with E-state index in [4.69, 9.17) is 9.47 Å². The summed E-state index contributed by atoms with van der Waals surface area (Å²) in [5.41, 5.74) is 0.958. The van der Waals surface area contributed by atoms with Crippen molar-refractivity contribution in [3.8, 4) is 11.5 Å². The lowest BCUT2D eigenvalue weighted by atomic mass is 10.2. The summed E-state index contributed by atoms with van der Waals surface area (Å²) < 4.78 is 38.5. The van der Waals surface area contributed by atoms with Gasteiger partial charge in [0.2, 0.25) is 10.0 Å². The minimum Gasteiger partial charge on any atom is -0.493 e. The average molecular weight is 346 g/mol. The molecule has 0 bridgehead atoms. The number of hydrogen-bond acceptors (Lipinski definition) is 5. The van der Waals surface area contributed by atoms with Gasteiger partial charge in [0.05, 0.1) is 18.0 Å². The second-order valence-corrected chi connectivity index (χ2v) is 7.88. The first-order chi connectivity index (χ1) is 11.6. The first kappa shape index (κ1) is 15.4. The molecule has 0 N–H and O–H groups in total. The molecule has 0 aliphatic carbocycles. The molecule has 7 heteroatoms. The van der Waals surface area contributed by atoms with Gasteiger partial charge >= 0.3 is 0 Å². The zero-order valence-electron chi connectivity index (χ0n) is 13.1. The molecule has 6 nitrogen and oxygen atoms in total. The van der Waals surface area contributed by atoms with Crippen LogP contribution in [0.4, 0.5) is 0 Å². The highest BCUT2D eigenvalue weighted by atomic mass is 32.2. The van der Waals surface area contributed by atoms with Gasteiger partial charge in [-0.05, 0) is 42.3 Å². The molecule has 2 aromatic rings. The molecule has 0 unspecified atom stereocenters. The fourth-order valence-corrected chi connectivity index (χ4v) is 4.63. The van der Waals surface area contributed by atoms with Crippen LogP contribution in [-0.4, -0.2) is 43.5 Å². The van der Waals surface area contributed by atoms with Crippen LogP contribution in [0.3, 0.4) is 0 Å². The van der Waals surface area contributed by atoms with Crippen molar-refractivity contribution in [1.82, 2.24) is 9.29 Å². The van der Waals surface area contributed by atoms with Gasteiger partial charge in [0.25, 0.3) is 0 Å². The maximum absolute atomic E-state index is 12.9. The first-order valence-electron chi connectivity index (χ1n) is 7.95. The summed E-state index contributed by atoms with van der Waals surface area (Å²) in [6.45, 7) is 1.44. The van der Waals surface area contributed by atoms with Crippen LogP contribution in [-0.2, 0) is 16.4 Å². The van der Waals surface area contributed by atoms with E-state index in [0.717, 1.165) is 17.7 Å². The van der Waals surface area contributed by atoms with Crippen LogP contribution < -0.4 is 9.47 Å². The van der Waals surface area contributed by atoms with E-state index in [1.165, 1.54) is 4.31 Å². The topological polar surface area (TPSA) is 68.7 Å². The molecule has 4 rings (SSSR count). The molecule has 1 saturated heterocycles. The van der Waals surface area contributed by atoms with E-state index < -0.39 is 10.0 Å². The smallest absolute Gasteiger partial charge is 0.243 e. The van der Waals surface area contributed by atoms with Crippen molar-refractivity contribution in [3.05, 3.63) is 48.3 Å². The molecule has 2 aliphatic rings. The Kier molecular flexibility index (Phi) is 3.90. The van der Waals surface area contributed by atoms with E-state index in [9.17, 15) is 8.42 Å². The van der Waals surface area contributed by atoms with Crippen molar-refractivity contribution in [2.24, 2.45) is 0 Å². The van der Waals surface area contributed by atoms with Gasteiger partial charge in [0.1, 0.15) is 17.6 Å². The van der Waals surface area contributed by atoms with Gasteiger partial charge in [-0.2, -0.15) is 4.31 Å². The predicted octanol–water partition coefficient (Wildman–Crippen LogP) is 1.86. The lowest BCUT2D eigenvalue weighted by Crippen LogP contribution is -2.31. The van der Waals surface area contributed by atoms with Gasteiger partial charge in [-0.25, -0.2) is 8.42 Å². The van der Waals surface area contributed by atoms with E-state index in [2.05, 4.69) is 4.98 Å². The lowest BCUT2D eigenvalue weighted by molar-refractivity contribution is 0.215. The van der Waals surface area contributed by atoms with Crippen LogP contribution in [0.15, 0.2) is 47.6 Å². The first-order valence-corrected chi connectivity index (χ1v) is 9.39. The zero-order valence-corrected chi connectivity index (χ0v) is 13.9. The quantitative estimate of drug-likeness (QED) is 0.845. The number of aromatic nitrogens is 1. The van der Waals surface area contributed by atoms with Crippen LogP contribution in [0.25, 0.3) is 0 Å². The van der Waals surface area contributed by atoms with E-state index in [-0.39, 0.29) is 6.10 Å². The van der Waals surface area contributed by atoms with Gasteiger partial charge in [-0.15, -0.1) is 0 Å². The van der Waals surface area contributed by atoms with Gasteiger partial charge in [0.15, 0.2) is 0 Å².